The van der Waals surface area contributed by atoms with Gasteiger partial charge in [0.1, 0.15) is 4.88 Å². The van der Waals surface area contributed by atoms with Crippen molar-refractivity contribution < 1.29 is 18.3 Å². The molecule has 8 heteroatoms. The van der Waals surface area contributed by atoms with Crippen molar-refractivity contribution in [3.8, 4) is 0 Å². The zero-order valence-electron chi connectivity index (χ0n) is 10.5. The first-order chi connectivity index (χ1) is 8.90. The van der Waals surface area contributed by atoms with Crippen molar-refractivity contribution in [2.75, 3.05) is 20.1 Å². The van der Waals surface area contributed by atoms with E-state index in [9.17, 15) is 13.2 Å². The SMILES string of the molecule is CN(CCNS(=O)(=O)c1csc(C(=O)O)c1)C1CC1. The van der Waals surface area contributed by atoms with Crippen LogP contribution < -0.4 is 4.72 Å². The molecule has 0 aliphatic heterocycles. The van der Waals surface area contributed by atoms with Crippen LogP contribution in [-0.4, -0.2) is 50.6 Å². The summed E-state index contributed by atoms with van der Waals surface area (Å²) >= 11 is 0.910. The Bertz CT molecular complexity index is 563. The lowest BCUT2D eigenvalue weighted by Gasteiger charge is -2.15. The smallest absolute Gasteiger partial charge is 0.345 e. The summed E-state index contributed by atoms with van der Waals surface area (Å²) in [6.45, 7) is 0.980. The minimum absolute atomic E-state index is 0.0176. The minimum Gasteiger partial charge on any atom is -0.477 e. The molecule has 0 unspecified atom stereocenters. The minimum atomic E-state index is -3.60. The summed E-state index contributed by atoms with van der Waals surface area (Å²) in [5, 5.41) is 10.1. The molecule has 1 heterocycles. The van der Waals surface area contributed by atoms with Crippen LogP contribution in [0.25, 0.3) is 0 Å². The number of nitrogens with zero attached hydrogens (tertiary/aromatic N) is 1. The molecule has 0 bridgehead atoms. The Kier molecular flexibility index (Phi) is 4.24. The molecule has 0 spiro atoms. The zero-order chi connectivity index (χ0) is 14.0. The van der Waals surface area contributed by atoms with Gasteiger partial charge in [-0.3, -0.25) is 0 Å². The molecule has 0 radical (unpaired) electrons. The maximum Gasteiger partial charge on any atom is 0.345 e. The van der Waals surface area contributed by atoms with E-state index in [0.717, 1.165) is 11.3 Å². The lowest BCUT2D eigenvalue weighted by atomic mass is 10.5. The Labute approximate surface area is 116 Å². The largest absolute Gasteiger partial charge is 0.477 e. The van der Waals surface area contributed by atoms with Gasteiger partial charge in [0.05, 0.1) is 4.90 Å². The predicted octanol–water partition coefficient (Wildman–Crippen LogP) is 0.819. The number of carboxylic acid groups (broad SMARTS) is 1. The third-order valence-corrected chi connectivity index (χ3v) is 5.53. The molecular formula is C11H16N2O4S2. The van der Waals surface area contributed by atoms with Gasteiger partial charge in [0.15, 0.2) is 0 Å². The summed E-state index contributed by atoms with van der Waals surface area (Å²) < 4.78 is 26.3. The van der Waals surface area contributed by atoms with E-state index >= 15 is 0 Å². The predicted molar refractivity (Wildman–Crippen MR) is 72.1 cm³/mol. The quantitative estimate of drug-likeness (QED) is 0.779. The Morgan fingerprint density at radius 1 is 1.58 bits per heavy atom. The molecule has 0 atom stereocenters. The van der Waals surface area contributed by atoms with Crippen molar-refractivity contribution in [3.05, 3.63) is 16.3 Å². The topological polar surface area (TPSA) is 86.7 Å². The number of likely N-dealkylation sites (N-methyl/N-ethyl adjacent to an activating group) is 1. The molecule has 106 valence electrons. The molecule has 0 amide bonds. The molecule has 6 nitrogen and oxygen atoms in total. The Morgan fingerprint density at radius 3 is 2.79 bits per heavy atom. The van der Waals surface area contributed by atoms with Gasteiger partial charge in [0.2, 0.25) is 10.0 Å². The summed E-state index contributed by atoms with van der Waals surface area (Å²) in [4.78, 5) is 12.9. The summed E-state index contributed by atoms with van der Waals surface area (Å²) in [6.07, 6.45) is 2.35. The van der Waals surface area contributed by atoms with Crippen molar-refractivity contribution in [2.45, 2.75) is 23.8 Å². The molecule has 2 N–H and O–H groups in total. The van der Waals surface area contributed by atoms with Crippen LogP contribution in [0.4, 0.5) is 0 Å². The molecule has 0 aromatic carbocycles. The van der Waals surface area contributed by atoms with Crippen LogP contribution in [0.5, 0.6) is 0 Å². The van der Waals surface area contributed by atoms with Crippen molar-refractivity contribution >= 4 is 27.3 Å². The van der Waals surface area contributed by atoms with Crippen LogP contribution in [0, 0.1) is 0 Å². The average Bonchev–Trinajstić information content (AvgIpc) is 3.04. The highest BCUT2D eigenvalue weighted by Crippen LogP contribution is 2.24. The number of nitrogens with one attached hydrogen (secondary N) is 1. The second kappa shape index (κ2) is 5.58. The van der Waals surface area contributed by atoms with Gasteiger partial charge < -0.3 is 10.0 Å². The van der Waals surface area contributed by atoms with Crippen LogP contribution in [0.3, 0.4) is 0 Å². The first-order valence-electron chi connectivity index (χ1n) is 5.92. The van der Waals surface area contributed by atoms with E-state index in [2.05, 4.69) is 9.62 Å². The van der Waals surface area contributed by atoms with Crippen LogP contribution in [0.1, 0.15) is 22.5 Å². The van der Waals surface area contributed by atoms with Gasteiger partial charge in [-0.05, 0) is 26.0 Å². The zero-order valence-corrected chi connectivity index (χ0v) is 12.1. The van der Waals surface area contributed by atoms with Gasteiger partial charge in [-0.1, -0.05) is 0 Å². The van der Waals surface area contributed by atoms with E-state index in [0.29, 0.717) is 19.1 Å². The maximum atomic E-state index is 11.9. The number of hydrogen-bond acceptors (Lipinski definition) is 5. The van der Waals surface area contributed by atoms with Crippen molar-refractivity contribution in [1.82, 2.24) is 9.62 Å². The number of hydrogen-bond donors (Lipinski definition) is 2. The van der Waals surface area contributed by atoms with Gasteiger partial charge in [-0.25, -0.2) is 17.9 Å². The summed E-state index contributed by atoms with van der Waals surface area (Å²) in [7, 11) is -1.63. The monoisotopic (exact) mass is 304 g/mol. The van der Waals surface area contributed by atoms with E-state index in [1.54, 1.807) is 0 Å². The number of aromatic carboxylic acids is 1. The van der Waals surface area contributed by atoms with Gasteiger partial charge in [-0.15, -0.1) is 11.3 Å². The number of sulfonamides is 1. The van der Waals surface area contributed by atoms with Gasteiger partial charge in [0.25, 0.3) is 0 Å². The summed E-state index contributed by atoms with van der Waals surface area (Å²) in [5.74, 6) is -1.11. The molecule has 1 aromatic heterocycles. The fourth-order valence-electron chi connectivity index (χ4n) is 1.71. The van der Waals surface area contributed by atoms with Crippen LogP contribution in [0.15, 0.2) is 16.3 Å². The molecule has 1 saturated carbocycles. The fraction of sp³-hybridized carbons (Fsp3) is 0.545. The molecule has 1 aromatic rings. The highest BCUT2D eigenvalue weighted by atomic mass is 32.2. The van der Waals surface area contributed by atoms with E-state index in [-0.39, 0.29) is 9.77 Å². The number of carbonyl (C=O) groups is 1. The number of carboxylic acids is 1. The molecule has 2 rings (SSSR count). The molecule has 1 aliphatic rings. The molecule has 19 heavy (non-hydrogen) atoms. The lowest BCUT2D eigenvalue weighted by Crippen LogP contribution is -2.33. The van der Waals surface area contributed by atoms with Crippen molar-refractivity contribution in [3.63, 3.8) is 0 Å². The van der Waals surface area contributed by atoms with Crippen LogP contribution in [0.2, 0.25) is 0 Å². The van der Waals surface area contributed by atoms with E-state index in [4.69, 9.17) is 5.11 Å². The molecular weight excluding hydrogens is 288 g/mol. The Morgan fingerprint density at radius 2 is 2.26 bits per heavy atom. The van der Waals surface area contributed by atoms with Gasteiger partial charge >= 0.3 is 5.97 Å². The Balaban J connectivity index is 1.91. The summed E-state index contributed by atoms with van der Waals surface area (Å²) in [5.41, 5.74) is 0. The van der Waals surface area contributed by atoms with Crippen molar-refractivity contribution in [2.24, 2.45) is 0 Å². The second-order valence-electron chi connectivity index (χ2n) is 4.56. The highest BCUT2D eigenvalue weighted by Gasteiger charge is 2.26. The fourth-order valence-corrected chi connectivity index (χ4v) is 3.84. The molecule has 0 saturated heterocycles. The average molecular weight is 304 g/mol. The second-order valence-corrected chi connectivity index (χ2v) is 7.24. The van der Waals surface area contributed by atoms with Gasteiger partial charge in [0, 0.05) is 24.5 Å². The summed E-state index contributed by atoms with van der Waals surface area (Å²) in [6, 6.07) is 1.77. The van der Waals surface area contributed by atoms with E-state index in [1.807, 2.05) is 7.05 Å². The number of rotatable bonds is 7. The first kappa shape index (κ1) is 14.4. The first-order valence-corrected chi connectivity index (χ1v) is 8.28. The van der Waals surface area contributed by atoms with Gasteiger partial charge in [-0.2, -0.15) is 0 Å². The van der Waals surface area contributed by atoms with E-state index in [1.165, 1.54) is 24.3 Å². The Hall–Kier alpha value is -0.960. The normalized spacial score (nSPS) is 15.9. The van der Waals surface area contributed by atoms with E-state index < -0.39 is 16.0 Å². The lowest BCUT2D eigenvalue weighted by molar-refractivity contribution is 0.0702. The maximum absolute atomic E-state index is 11.9. The third-order valence-electron chi connectivity index (χ3n) is 3.02. The molecule has 1 fully saturated rings. The standard InChI is InChI=1S/C11H16N2O4S2/c1-13(8-2-3-8)5-4-12-19(16,17)9-6-10(11(14)15)18-7-9/h6-8,12H,2-5H2,1H3,(H,14,15). The van der Waals surface area contributed by atoms with Crippen LogP contribution in [-0.2, 0) is 10.0 Å². The van der Waals surface area contributed by atoms with Crippen LogP contribution >= 0.6 is 11.3 Å². The third kappa shape index (κ3) is 3.75. The highest BCUT2D eigenvalue weighted by molar-refractivity contribution is 7.89. The molecule has 1 aliphatic carbocycles. The number of thiophene rings is 1. The van der Waals surface area contributed by atoms with Crippen molar-refractivity contribution in [1.29, 1.82) is 0 Å².